The standard InChI is InChI=1S/C19H29N/c1-2-14-6-5-9-17(12-14)19(20)18-11-10-15-7-3-4-8-16(15)13-18/h3-4,7-8,14,17-19H,2,5-6,9-13,20H2,1H3. The molecule has 0 heterocycles. The van der Waals surface area contributed by atoms with Crippen molar-refractivity contribution in [1.29, 1.82) is 0 Å². The van der Waals surface area contributed by atoms with Crippen LogP contribution in [0.1, 0.15) is 56.6 Å². The van der Waals surface area contributed by atoms with E-state index in [1.807, 2.05) is 0 Å². The number of aryl methyl sites for hydroxylation is 1. The monoisotopic (exact) mass is 271 g/mol. The van der Waals surface area contributed by atoms with Gasteiger partial charge in [-0.2, -0.15) is 0 Å². The van der Waals surface area contributed by atoms with Gasteiger partial charge in [-0.25, -0.2) is 0 Å². The van der Waals surface area contributed by atoms with Gasteiger partial charge in [0.1, 0.15) is 0 Å². The molecule has 110 valence electrons. The summed E-state index contributed by atoms with van der Waals surface area (Å²) in [6.45, 7) is 2.34. The Labute approximate surface area is 124 Å². The second kappa shape index (κ2) is 6.30. The highest BCUT2D eigenvalue weighted by molar-refractivity contribution is 5.30. The van der Waals surface area contributed by atoms with E-state index in [0.29, 0.717) is 12.0 Å². The molecule has 0 spiro atoms. The van der Waals surface area contributed by atoms with Gasteiger partial charge in [0, 0.05) is 6.04 Å². The molecule has 1 heteroatoms. The Morgan fingerprint density at radius 2 is 1.90 bits per heavy atom. The van der Waals surface area contributed by atoms with Gasteiger partial charge >= 0.3 is 0 Å². The van der Waals surface area contributed by atoms with E-state index in [1.165, 1.54) is 51.4 Å². The number of fused-ring (bicyclic) bond motifs is 1. The van der Waals surface area contributed by atoms with Crippen molar-refractivity contribution in [3.8, 4) is 0 Å². The predicted molar refractivity (Wildman–Crippen MR) is 85.7 cm³/mol. The van der Waals surface area contributed by atoms with Gasteiger partial charge in [-0.1, -0.05) is 50.5 Å². The molecule has 1 aromatic rings. The van der Waals surface area contributed by atoms with Crippen molar-refractivity contribution in [1.82, 2.24) is 0 Å². The van der Waals surface area contributed by atoms with E-state index in [-0.39, 0.29) is 0 Å². The molecule has 2 aliphatic carbocycles. The third-order valence-corrected chi connectivity index (χ3v) is 5.87. The topological polar surface area (TPSA) is 26.0 Å². The maximum Gasteiger partial charge on any atom is 0.00990 e. The Hall–Kier alpha value is -0.820. The zero-order chi connectivity index (χ0) is 13.9. The van der Waals surface area contributed by atoms with Crippen molar-refractivity contribution in [2.75, 3.05) is 0 Å². The molecule has 4 unspecified atom stereocenters. The molecule has 3 rings (SSSR count). The van der Waals surface area contributed by atoms with Crippen LogP contribution in [-0.4, -0.2) is 6.04 Å². The molecular formula is C19H29N. The molecule has 0 amide bonds. The number of benzene rings is 1. The fourth-order valence-electron chi connectivity index (χ4n) is 4.49. The minimum Gasteiger partial charge on any atom is -0.327 e. The second-order valence-electron chi connectivity index (χ2n) is 7.05. The Kier molecular flexibility index (Phi) is 4.45. The van der Waals surface area contributed by atoms with E-state index >= 15 is 0 Å². The number of hydrogen-bond donors (Lipinski definition) is 1. The lowest BCUT2D eigenvalue weighted by atomic mass is 9.70. The Morgan fingerprint density at radius 1 is 1.10 bits per heavy atom. The van der Waals surface area contributed by atoms with Crippen molar-refractivity contribution < 1.29 is 0 Å². The average molecular weight is 271 g/mol. The highest BCUT2D eigenvalue weighted by atomic mass is 14.7. The first-order valence-electron chi connectivity index (χ1n) is 8.60. The molecule has 1 fully saturated rings. The second-order valence-corrected chi connectivity index (χ2v) is 7.05. The quantitative estimate of drug-likeness (QED) is 0.869. The summed E-state index contributed by atoms with van der Waals surface area (Å²) in [5.41, 5.74) is 9.82. The maximum absolute atomic E-state index is 6.70. The zero-order valence-corrected chi connectivity index (χ0v) is 12.9. The van der Waals surface area contributed by atoms with Gasteiger partial charge in [0.15, 0.2) is 0 Å². The van der Waals surface area contributed by atoms with Gasteiger partial charge in [-0.15, -0.1) is 0 Å². The van der Waals surface area contributed by atoms with Gasteiger partial charge in [0.05, 0.1) is 0 Å². The van der Waals surface area contributed by atoms with Crippen LogP contribution < -0.4 is 5.73 Å². The van der Waals surface area contributed by atoms with Gasteiger partial charge in [-0.3, -0.25) is 0 Å². The summed E-state index contributed by atoms with van der Waals surface area (Å²) in [6.07, 6.45) is 10.7. The molecule has 20 heavy (non-hydrogen) atoms. The van der Waals surface area contributed by atoms with Crippen LogP contribution in [0, 0.1) is 17.8 Å². The molecule has 0 radical (unpaired) electrons. The van der Waals surface area contributed by atoms with Crippen LogP contribution >= 0.6 is 0 Å². The first-order chi connectivity index (χ1) is 9.78. The molecule has 0 aromatic heterocycles. The van der Waals surface area contributed by atoms with E-state index in [2.05, 4.69) is 31.2 Å². The molecule has 1 nitrogen and oxygen atoms in total. The highest BCUT2D eigenvalue weighted by Crippen LogP contribution is 2.37. The summed E-state index contributed by atoms with van der Waals surface area (Å²) in [7, 11) is 0. The summed E-state index contributed by atoms with van der Waals surface area (Å²) in [6, 6.07) is 9.39. The molecule has 2 N–H and O–H groups in total. The summed E-state index contributed by atoms with van der Waals surface area (Å²) in [5, 5.41) is 0. The summed E-state index contributed by atoms with van der Waals surface area (Å²) >= 11 is 0. The van der Waals surface area contributed by atoms with Crippen molar-refractivity contribution in [2.24, 2.45) is 23.5 Å². The Balaban J connectivity index is 1.65. The van der Waals surface area contributed by atoms with E-state index in [0.717, 1.165) is 11.8 Å². The minimum atomic E-state index is 0.428. The largest absolute Gasteiger partial charge is 0.327 e. The van der Waals surface area contributed by atoms with Crippen LogP contribution in [0.2, 0.25) is 0 Å². The molecule has 0 bridgehead atoms. The molecule has 4 atom stereocenters. The molecule has 2 aliphatic rings. The molecule has 0 aliphatic heterocycles. The first-order valence-corrected chi connectivity index (χ1v) is 8.60. The van der Waals surface area contributed by atoms with Crippen molar-refractivity contribution in [3.05, 3.63) is 35.4 Å². The lowest BCUT2D eigenvalue weighted by molar-refractivity contribution is 0.185. The smallest absolute Gasteiger partial charge is 0.00990 e. The van der Waals surface area contributed by atoms with E-state index in [4.69, 9.17) is 5.73 Å². The van der Waals surface area contributed by atoms with E-state index in [9.17, 15) is 0 Å². The molecular weight excluding hydrogens is 242 g/mol. The third kappa shape index (κ3) is 2.93. The first kappa shape index (κ1) is 14.1. The molecule has 1 aromatic carbocycles. The minimum absolute atomic E-state index is 0.428. The fraction of sp³-hybridized carbons (Fsp3) is 0.684. The normalized spacial score (nSPS) is 31.6. The van der Waals surface area contributed by atoms with Crippen molar-refractivity contribution in [3.63, 3.8) is 0 Å². The van der Waals surface area contributed by atoms with Crippen LogP contribution in [0.3, 0.4) is 0 Å². The Bertz CT molecular complexity index is 439. The van der Waals surface area contributed by atoms with Crippen LogP contribution in [-0.2, 0) is 12.8 Å². The average Bonchev–Trinajstić information content (AvgIpc) is 2.53. The summed E-state index contributed by atoms with van der Waals surface area (Å²) in [4.78, 5) is 0. The van der Waals surface area contributed by atoms with Crippen molar-refractivity contribution in [2.45, 2.75) is 64.3 Å². The maximum atomic E-state index is 6.70. The highest BCUT2D eigenvalue weighted by Gasteiger charge is 2.32. The molecule has 1 saturated carbocycles. The van der Waals surface area contributed by atoms with E-state index < -0.39 is 0 Å². The van der Waals surface area contributed by atoms with Crippen LogP contribution in [0.15, 0.2) is 24.3 Å². The van der Waals surface area contributed by atoms with Crippen LogP contribution in [0.5, 0.6) is 0 Å². The van der Waals surface area contributed by atoms with Gasteiger partial charge in [-0.05, 0) is 61.0 Å². The Morgan fingerprint density at radius 3 is 2.70 bits per heavy atom. The van der Waals surface area contributed by atoms with Crippen molar-refractivity contribution >= 4 is 0 Å². The van der Waals surface area contributed by atoms with Crippen LogP contribution in [0.4, 0.5) is 0 Å². The third-order valence-electron chi connectivity index (χ3n) is 5.87. The zero-order valence-electron chi connectivity index (χ0n) is 12.9. The molecule has 0 saturated heterocycles. The number of nitrogens with two attached hydrogens (primary N) is 1. The fourth-order valence-corrected chi connectivity index (χ4v) is 4.49. The number of rotatable bonds is 3. The van der Waals surface area contributed by atoms with E-state index in [1.54, 1.807) is 11.1 Å². The van der Waals surface area contributed by atoms with Gasteiger partial charge < -0.3 is 5.73 Å². The van der Waals surface area contributed by atoms with Crippen LogP contribution in [0.25, 0.3) is 0 Å². The summed E-state index contributed by atoms with van der Waals surface area (Å²) < 4.78 is 0. The van der Waals surface area contributed by atoms with Gasteiger partial charge in [0.25, 0.3) is 0 Å². The van der Waals surface area contributed by atoms with Gasteiger partial charge in [0.2, 0.25) is 0 Å². The number of hydrogen-bond acceptors (Lipinski definition) is 1. The SMILES string of the molecule is CCC1CCCC(C(N)C2CCc3ccccc3C2)C1. The summed E-state index contributed by atoms with van der Waals surface area (Å²) in [5.74, 6) is 2.44. The lowest BCUT2D eigenvalue weighted by Crippen LogP contribution is -2.42. The lowest BCUT2D eigenvalue weighted by Gasteiger charge is -2.38. The predicted octanol–water partition coefficient (Wildman–Crippen LogP) is 4.34.